The van der Waals surface area contributed by atoms with Crippen LogP contribution in [0.2, 0.25) is 0 Å². The number of nitrogens with zero attached hydrogens (tertiary/aromatic N) is 1. The minimum Gasteiger partial charge on any atom is -0.545 e. The van der Waals surface area contributed by atoms with E-state index in [0.717, 1.165) is 11.4 Å². The quantitative estimate of drug-likeness (QED) is 0.616. The summed E-state index contributed by atoms with van der Waals surface area (Å²) >= 11 is 0. The molecule has 7 nitrogen and oxygen atoms in total. The van der Waals surface area contributed by atoms with E-state index in [4.69, 9.17) is 9.47 Å². The zero-order valence-corrected chi connectivity index (χ0v) is 21.4. The van der Waals surface area contributed by atoms with Gasteiger partial charge in [-0.25, -0.2) is 0 Å². The fourth-order valence-electron chi connectivity index (χ4n) is 5.90. The Labute approximate surface area is 206 Å². The van der Waals surface area contributed by atoms with Gasteiger partial charge in [0.1, 0.15) is 5.75 Å². The van der Waals surface area contributed by atoms with Crippen molar-refractivity contribution >= 4 is 17.5 Å². The normalized spacial score (nSPS) is 21.7. The molecule has 188 valence electrons. The van der Waals surface area contributed by atoms with Gasteiger partial charge in [0.15, 0.2) is 11.6 Å². The summed E-state index contributed by atoms with van der Waals surface area (Å²) in [5.74, 6) is -1.80. The number of carboxylic acids is 1. The number of carbonyl (C=O) groups excluding carboxylic acids is 3. The van der Waals surface area contributed by atoms with Gasteiger partial charge in [0.2, 0.25) is 0 Å². The highest BCUT2D eigenvalue weighted by Gasteiger charge is 2.48. The molecule has 2 aliphatic carbocycles. The summed E-state index contributed by atoms with van der Waals surface area (Å²) in [6.07, 6.45) is 2.10. The highest BCUT2D eigenvalue weighted by atomic mass is 16.5. The average molecular weight is 481 g/mol. The Morgan fingerprint density at radius 2 is 1.51 bits per heavy atom. The van der Waals surface area contributed by atoms with Crippen LogP contribution in [-0.2, 0) is 14.3 Å². The van der Waals surface area contributed by atoms with Gasteiger partial charge in [-0.2, -0.15) is 0 Å². The molecule has 0 saturated heterocycles. The van der Waals surface area contributed by atoms with E-state index in [9.17, 15) is 19.5 Å². The lowest BCUT2D eigenvalue weighted by molar-refractivity contribution is -0.255. The molecule has 0 amide bonds. The number of Topliss-reactive ketones (excluding diaryl/α,β-unsaturated/α-hetero) is 2. The zero-order valence-electron chi connectivity index (χ0n) is 21.4. The average Bonchev–Trinajstić information content (AvgIpc) is 2.75. The molecule has 0 spiro atoms. The molecule has 0 bridgehead atoms. The number of hydrogen-bond acceptors (Lipinski definition) is 7. The molecule has 0 fully saturated rings. The van der Waals surface area contributed by atoms with Gasteiger partial charge in [0.05, 0.1) is 19.7 Å². The first kappa shape index (κ1) is 25.2. The maximum absolute atomic E-state index is 13.7. The Morgan fingerprint density at radius 1 is 0.971 bits per heavy atom. The topological polar surface area (TPSA) is 96.0 Å². The number of ketones is 2. The largest absolute Gasteiger partial charge is 0.545 e. The number of allylic oxidation sites excluding steroid dienone is 4. The number of ether oxygens (including phenoxy) is 2. The van der Waals surface area contributed by atoms with Crippen molar-refractivity contribution < 1.29 is 29.0 Å². The minimum absolute atomic E-state index is 0.00123. The Hall–Kier alpha value is -2.93. The summed E-state index contributed by atoms with van der Waals surface area (Å²) in [6, 6.07) is 4.84. The molecule has 0 radical (unpaired) electrons. The van der Waals surface area contributed by atoms with Crippen molar-refractivity contribution in [2.45, 2.75) is 59.3 Å². The van der Waals surface area contributed by atoms with Crippen LogP contribution in [0.25, 0.3) is 0 Å². The molecule has 1 aliphatic heterocycles. The summed E-state index contributed by atoms with van der Waals surface area (Å²) in [4.78, 5) is 41.4. The molecule has 0 saturated carbocycles. The molecule has 1 aromatic carbocycles. The van der Waals surface area contributed by atoms with E-state index in [2.05, 4.69) is 32.6 Å². The molecule has 35 heavy (non-hydrogen) atoms. The molecular formula is C28H34NO6-. The summed E-state index contributed by atoms with van der Waals surface area (Å²) in [7, 11) is 3.04. The standard InChI is InChI=1S/C28H35NO6/c1-27(2)12-18-24(20(30)14-27)23(16-7-8-22(35-6)17(11-16)26(32)33)25-19(29(18)9-10-34-5)13-28(3,4)15-21(25)31/h7-8,11,23H,9-10,12-15H2,1-6H3,(H,32,33)/p-1. The van der Waals surface area contributed by atoms with Gasteiger partial charge in [-0.05, 0) is 41.4 Å². The van der Waals surface area contributed by atoms with Crippen molar-refractivity contribution in [3.63, 3.8) is 0 Å². The Balaban J connectivity index is 2.00. The molecule has 0 unspecified atom stereocenters. The molecule has 4 rings (SSSR count). The Morgan fingerprint density at radius 3 is 1.97 bits per heavy atom. The first-order valence-corrected chi connectivity index (χ1v) is 12.1. The van der Waals surface area contributed by atoms with Gasteiger partial charge >= 0.3 is 0 Å². The van der Waals surface area contributed by atoms with Crippen molar-refractivity contribution in [2.75, 3.05) is 27.4 Å². The molecule has 3 aliphatic rings. The summed E-state index contributed by atoms with van der Waals surface area (Å²) in [6.45, 7) is 9.33. The third-order valence-corrected chi connectivity index (χ3v) is 7.32. The van der Waals surface area contributed by atoms with Crippen molar-refractivity contribution in [1.82, 2.24) is 4.90 Å². The summed E-state index contributed by atoms with van der Waals surface area (Å²) < 4.78 is 10.6. The van der Waals surface area contributed by atoms with E-state index in [1.165, 1.54) is 13.2 Å². The molecule has 1 aromatic rings. The fraction of sp³-hybridized carbons (Fsp3) is 0.536. The van der Waals surface area contributed by atoms with Gasteiger partial charge in [-0.3, -0.25) is 9.59 Å². The van der Waals surface area contributed by atoms with E-state index in [0.29, 0.717) is 55.5 Å². The van der Waals surface area contributed by atoms with Gasteiger partial charge in [-0.1, -0.05) is 33.8 Å². The first-order chi connectivity index (χ1) is 16.4. The monoisotopic (exact) mass is 480 g/mol. The molecule has 0 aromatic heterocycles. The Kier molecular flexibility index (Phi) is 6.43. The van der Waals surface area contributed by atoms with Crippen LogP contribution in [-0.4, -0.2) is 49.8 Å². The highest BCUT2D eigenvalue weighted by molar-refractivity contribution is 6.07. The van der Waals surface area contributed by atoms with Gasteiger partial charge in [-0.15, -0.1) is 0 Å². The maximum Gasteiger partial charge on any atom is 0.162 e. The number of carboxylic acid groups (broad SMARTS) is 1. The van der Waals surface area contributed by atoms with Crippen LogP contribution in [0, 0.1) is 10.8 Å². The second-order valence-corrected chi connectivity index (χ2v) is 11.4. The van der Waals surface area contributed by atoms with Crippen LogP contribution in [0.5, 0.6) is 5.75 Å². The fourth-order valence-corrected chi connectivity index (χ4v) is 5.90. The maximum atomic E-state index is 13.7. The molecule has 0 N–H and O–H groups in total. The third-order valence-electron chi connectivity index (χ3n) is 7.32. The Bertz CT molecular complexity index is 1100. The lowest BCUT2D eigenvalue weighted by Gasteiger charge is -2.49. The second-order valence-electron chi connectivity index (χ2n) is 11.4. The molecule has 1 heterocycles. The van der Waals surface area contributed by atoms with Crippen LogP contribution in [0.3, 0.4) is 0 Å². The highest BCUT2D eigenvalue weighted by Crippen LogP contribution is 2.54. The van der Waals surface area contributed by atoms with E-state index in [1.54, 1.807) is 19.2 Å². The molecular weight excluding hydrogens is 446 g/mol. The summed E-state index contributed by atoms with van der Waals surface area (Å²) in [5, 5.41) is 11.9. The number of benzene rings is 1. The lowest BCUT2D eigenvalue weighted by Crippen LogP contribution is -2.45. The summed E-state index contributed by atoms with van der Waals surface area (Å²) in [5.41, 5.74) is 3.08. The number of aromatic carboxylic acids is 1. The van der Waals surface area contributed by atoms with Crippen LogP contribution in [0.4, 0.5) is 0 Å². The zero-order chi connectivity index (χ0) is 25.7. The van der Waals surface area contributed by atoms with Gasteiger partial charge in [0, 0.05) is 60.5 Å². The van der Waals surface area contributed by atoms with Crippen LogP contribution in [0.1, 0.15) is 75.2 Å². The SMILES string of the molecule is COCCN1C2=C(C(=O)CC(C)(C)C2)C(c2ccc(OC)c(C(=O)[O-])c2)C2=C1CC(C)(C)CC2=O. The number of methoxy groups -OCH3 is 2. The van der Waals surface area contributed by atoms with E-state index >= 15 is 0 Å². The molecule has 0 atom stereocenters. The number of carbonyl (C=O) groups is 3. The van der Waals surface area contributed by atoms with E-state index < -0.39 is 11.9 Å². The number of hydrogen-bond donors (Lipinski definition) is 0. The van der Waals surface area contributed by atoms with Gasteiger partial charge < -0.3 is 24.3 Å². The third kappa shape index (κ3) is 4.54. The van der Waals surface area contributed by atoms with Crippen LogP contribution >= 0.6 is 0 Å². The predicted molar refractivity (Wildman–Crippen MR) is 129 cm³/mol. The van der Waals surface area contributed by atoms with E-state index in [-0.39, 0.29) is 33.7 Å². The molecule has 7 heteroatoms. The van der Waals surface area contributed by atoms with Crippen molar-refractivity contribution in [1.29, 1.82) is 0 Å². The smallest absolute Gasteiger partial charge is 0.162 e. The minimum atomic E-state index is -1.36. The van der Waals surface area contributed by atoms with Crippen LogP contribution < -0.4 is 9.84 Å². The van der Waals surface area contributed by atoms with Gasteiger partial charge in [0.25, 0.3) is 0 Å². The van der Waals surface area contributed by atoms with Crippen LogP contribution in [0.15, 0.2) is 40.7 Å². The van der Waals surface area contributed by atoms with Crippen molar-refractivity contribution in [3.8, 4) is 5.75 Å². The number of rotatable bonds is 6. The first-order valence-electron chi connectivity index (χ1n) is 12.1. The second kappa shape index (κ2) is 8.94. The van der Waals surface area contributed by atoms with E-state index in [1.807, 2.05) is 0 Å². The predicted octanol–water partition coefficient (Wildman–Crippen LogP) is 3.39. The lowest BCUT2D eigenvalue weighted by atomic mass is 9.63. The van der Waals surface area contributed by atoms with Crippen molar-refractivity contribution in [3.05, 3.63) is 51.9 Å². The van der Waals surface area contributed by atoms with Crippen molar-refractivity contribution in [2.24, 2.45) is 10.8 Å².